The van der Waals surface area contributed by atoms with Crippen LogP contribution < -0.4 is 0 Å². The van der Waals surface area contributed by atoms with Crippen LogP contribution >= 0.6 is 12.6 Å². The zero-order chi connectivity index (χ0) is 12.2. The number of nitrogens with zero attached hydrogens (tertiary/aromatic N) is 1. The fraction of sp³-hybridized carbons (Fsp3) is 1.00. The second-order valence-corrected chi connectivity index (χ2v) is 5.86. The van der Waals surface area contributed by atoms with Crippen LogP contribution in [0.3, 0.4) is 0 Å². The molecular formula is C12H25NO2S. The molecule has 3 nitrogen and oxygen atoms in total. The first-order valence-corrected chi connectivity index (χ1v) is 6.63. The molecule has 1 heterocycles. The Morgan fingerprint density at radius 1 is 1.56 bits per heavy atom. The molecule has 0 spiro atoms. The number of hydrogen-bond acceptors (Lipinski definition) is 4. The average molecular weight is 247 g/mol. The SMILES string of the molecule is CCC(C)(S)OCCN1CCOC1C(C)C. The van der Waals surface area contributed by atoms with E-state index in [2.05, 4.69) is 38.3 Å². The summed E-state index contributed by atoms with van der Waals surface area (Å²) < 4.78 is 11.4. The third kappa shape index (κ3) is 4.24. The molecule has 0 radical (unpaired) electrons. The molecule has 96 valence electrons. The molecule has 0 aromatic carbocycles. The lowest BCUT2D eigenvalue weighted by molar-refractivity contribution is -0.0276. The van der Waals surface area contributed by atoms with Crippen molar-refractivity contribution in [2.24, 2.45) is 5.92 Å². The minimum Gasteiger partial charge on any atom is -0.364 e. The summed E-state index contributed by atoms with van der Waals surface area (Å²) in [6.45, 7) is 12.0. The molecule has 1 aliphatic heterocycles. The van der Waals surface area contributed by atoms with Crippen LogP contribution in [0, 0.1) is 5.92 Å². The largest absolute Gasteiger partial charge is 0.364 e. The van der Waals surface area contributed by atoms with Gasteiger partial charge in [-0.3, -0.25) is 4.90 Å². The quantitative estimate of drug-likeness (QED) is 0.575. The zero-order valence-corrected chi connectivity index (χ0v) is 11.8. The van der Waals surface area contributed by atoms with Gasteiger partial charge in [0.2, 0.25) is 0 Å². The fourth-order valence-electron chi connectivity index (χ4n) is 1.86. The summed E-state index contributed by atoms with van der Waals surface area (Å²) in [7, 11) is 0. The number of hydrogen-bond donors (Lipinski definition) is 1. The van der Waals surface area contributed by atoms with E-state index in [4.69, 9.17) is 9.47 Å². The Morgan fingerprint density at radius 3 is 2.81 bits per heavy atom. The topological polar surface area (TPSA) is 21.7 Å². The van der Waals surface area contributed by atoms with Crippen molar-refractivity contribution in [3.8, 4) is 0 Å². The molecule has 0 aromatic heterocycles. The third-order valence-corrected chi connectivity index (χ3v) is 3.49. The first-order valence-electron chi connectivity index (χ1n) is 6.18. The highest BCUT2D eigenvalue weighted by molar-refractivity contribution is 7.81. The lowest BCUT2D eigenvalue weighted by Gasteiger charge is -2.28. The van der Waals surface area contributed by atoms with Gasteiger partial charge in [-0.25, -0.2) is 0 Å². The van der Waals surface area contributed by atoms with Gasteiger partial charge in [0, 0.05) is 13.1 Å². The monoisotopic (exact) mass is 247 g/mol. The van der Waals surface area contributed by atoms with E-state index in [0.717, 1.165) is 32.7 Å². The van der Waals surface area contributed by atoms with Gasteiger partial charge in [0.15, 0.2) is 0 Å². The molecule has 0 amide bonds. The molecule has 0 aromatic rings. The van der Waals surface area contributed by atoms with E-state index in [1.165, 1.54) is 0 Å². The van der Waals surface area contributed by atoms with Crippen LogP contribution in [0.5, 0.6) is 0 Å². The van der Waals surface area contributed by atoms with E-state index in [1.807, 2.05) is 6.92 Å². The highest BCUT2D eigenvalue weighted by Crippen LogP contribution is 2.21. The highest BCUT2D eigenvalue weighted by atomic mass is 32.1. The standard InChI is InChI=1S/C12H25NO2S/c1-5-12(4,16)15-9-7-13-6-8-14-11(13)10(2)3/h10-11,16H,5-9H2,1-4H3. The minimum absolute atomic E-state index is 0.261. The van der Waals surface area contributed by atoms with E-state index in [0.29, 0.717) is 5.92 Å². The molecule has 0 aliphatic carbocycles. The van der Waals surface area contributed by atoms with Crippen LogP contribution in [0.4, 0.5) is 0 Å². The number of ether oxygens (including phenoxy) is 2. The molecule has 16 heavy (non-hydrogen) atoms. The Bertz CT molecular complexity index is 209. The maximum absolute atomic E-state index is 5.74. The average Bonchev–Trinajstić information content (AvgIpc) is 2.66. The second-order valence-electron chi connectivity index (χ2n) is 4.92. The Morgan fingerprint density at radius 2 is 2.25 bits per heavy atom. The molecule has 1 saturated heterocycles. The summed E-state index contributed by atoms with van der Waals surface area (Å²) in [6, 6.07) is 0. The van der Waals surface area contributed by atoms with Gasteiger partial charge in [0.25, 0.3) is 0 Å². The summed E-state index contributed by atoms with van der Waals surface area (Å²) in [5, 5.41) is 0. The van der Waals surface area contributed by atoms with Crippen LogP contribution in [-0.2, 0) is 9.47 Å². The maximum Gasteiger partial charge on any atom is 0.113 e. The van der Waals surface area contributed by atoms with Gasteiger partial charge in [-0.05, 0) is 19.3 Å². The molecule has 2 unspecified atom stereocenters. The van der Waals surface area contributed by atoms with Crippen molar-refractivity contribution in [1.29, 1.82) is 0 Å². The van der Waals surface area contributed by atoms with E-state index < -0.39 is 0 Å². The van der Waals surface area contributed by atoms with Crippen molar-refractivity contribution < 1.29 is 9.47 Å². The number of thiol groups is 1. The predicted molar refractivity (Wildman–Crippen MR) is 69.8 cm³/mol. The Labute approximate surface area is 105 Å². The molecule has 1 fully saturated rings. The summed E-state index contributed by atoms with van der Waals surface area (Å²) in [6.07, 6.45) is 1.18. The first kappa shape index (κ1) is 14.3. The molecule has 0 N–H and O–H groups in total. The zero-order valence-electron chi connectivity index (χ0n) is 10.9. The molecule has 1 aliphatic rings. The van der Waals surface area contributed by atoms with E-state index >= 15 is 0 Å². The smallest absolute Gasteiger partial charge is 0.113 e. The Hall–Kier alpha value is 0.230. The molecular weight excluding hydrogens is 222 g/mol. The fourth-order valence-corrected chi connectivity index (χ4v) is 1.95. The lowest BCUT2D eigenvalue weighted by atomic mass is 10.2. The summed E-state index contributed by atoms with van der Waals surface area (Å²) in [5.41, 5.74) is 0. The van der Waals surface area contributed by atoms with Crippen molar-refractivity contribution >= 4 is 12.6 Å². The second kappa shape index (κ2) is 6.24. The highest BCUT2D eigenvalue weighted by Gasteiger charge is 2.28. The van der Waals surface area contributed by atoms with E-state index in [-0.39, 0.29) is 11.2 Å². The minimum atomic E-state index is -0.298. The summed E-state index contributed by atoms with van der Waals surface area (Å²) in [5.74, 6) is 0.538. The van der Waals surface area contributed by atoms with Gasteiger partial charge in [0.1, 0.15) is 11.2 Å². The molecule has 0 saturated carbocycles. The van der Waals surface area contributed by atoms with Gasteiger partial charge in [-0.15, -0.1) is 12.6 Å². The molecule has 1 rings (SSSR count). The van der Waals surface area contributed by atoms with Gasteiger partial charge in [-0.2, -0.15) is 0 Å². The van der Waals surface area contributed by atoms with Crippen LogP contribution in [0.2, 0.25) is 0 Å². The van der Waals surface area contributed by atoms with Gasteiger partial charge < -0.3 is 9.47 Å². The van der Waals surface area contributed by atoms with Crippen LogP contribution in [0.15, 0.2) is 0 Å². The third-order valence-electron chi connectivity index (χ3n) is 3.04. The molecule has 2 atom stereocenters. The van der Waals surface area contributed by atoms with Gasteiger partial charge >= 0.3 is 0 Å². The summed E-state index contributed by atoms with van der Waals surface area (Å²) in [4.78, 5) is 2.05. The lowest BCUT2D eigenvalue weighted by Crippen LogP contribution is -2.37. The van der Waals surface area contributed by atoms with Crippen molar-refractivity contribution in [2.75, 3.05) is 26.3 Å². The van der Waals surface area contributed by atoms with Crippen molar-refractivity contribution in [1.82, 2.24) is 4.90 Å². The van der Waals surface area contributed by atoms with E-state index in [1.54, 1.807) is 0 Å². The van der Waals surface area contributed by atoms with Crippen LogP contribution in [0.25, 0.3) is 0 Å². The summed E-state index contributed by atoms with van der Waals surface area (Å²) >= 11 is 4.45. The van der Waals surface area contributed by atoms with Crippen molar-refractivity contribution in [3.05, 3.63) is 0 Å². The van der Waals surface area contributed by atoms with Crippen LogP contribution in [-0.4, -0.2) is 42.4 Å². The van der Waals surface area contributed by atoms with E-state index in [9.17, 15) is 0 Å². The molecule has 4 heteroatoms. The van der Waals surface area contributed by atoms with Crippen LogP contribution in [0.1, 0.15) is 34.1 Å². The predicted octanol–water partition coefficient (Wildman–Crippen LogP) is 2.37. The van der Waals surface area contributed by atoms with Gasteiger partial charge in [0.05, 0.1) is 13.2 Å². The number of rotatable bonds is 6. The van der Waals surface area contributed by atoms with Crippen molar-refractivity contribution in [2.45, 2.75) is 45.3 Å². The maximum atomic E-state index is 5.74. The molecule has 0 bridgehead atoms. The Kier molecular flexibility index (Phi) is 5.57. The first-order chi connectivity index (χ1) is 7.46. The normalized spacial score (nSPS) is 26.2. The Balaban J connectivity index is 2.27. The van der Waals surface area contributed by atoms with Crippen molar-refractivity contribution in [3.63, 3.8) is 0 Å². The van der Waals surface area contributed by atoms with Gasteiger partial charge in [-0.1, -0.05) is 20.8 Å².